The van der Waals surface area contributed by atoms with E-state index in [1.165, 1.54) is 22.4 Å². The van der Waals surface area contributed by atoms with Crippen molar-refractivity contribution in [3.8, 4) is 0 Å². The van der Waals surface area contributed by atoms with E-state index in [0.29, 0.717) is 0 Å². The lowest BCUT2D eigenvalue weighted by atomic mass is 10.0. The average molecular weight is 441 g/mol. The molecule has 0 amide bonds. The molecule has 2 aromatic rings. The molecule has 2 heterocycles. The quantitative estimate of drug-likeness (QED) is 0.598. The summed E-state index contributed by atoms with van der Waals surface area (Å²) in [5, 5.41) is 4.26. The van der Waals surface area contributed by atoms with E-state index < -0.39 is 0 Å². The smallest absolute Gasteiger partial charge is 0.146 e. The molecule has 6 heteroatoms. The van der Waals surface area contributed by atoms with Crippen LogP contribution in [0.25, 0.3) is 0 Å². The fourth-order valence-electron chi connectivity index (χ4n) is 4.05. The van der Waals surface area contributed by atoms with Gasteiger partial charge in [0, 0.05) is 23.7 Å². The van der Waals surface area contributed by atoms with Crippen LogP contribution in [-0.4, -0.2) is 26.2 Å². The molecular weight excluding hydrogens is 414 g/mol. The maximum atomic E-state index is 14.7. The van der Waals surface area contributed by atoms with Crippen molar-refractivity contribution in [1.82, 2.24) is 5.32 Å². The number of nitrogens with one attached hydrogen (secondary N) is 1. The fraction of sp³-hybridized carbons (Fsp3) is 0.455. The molecule has 0 unspecified atom stereocenters. The van der Waals surface area contributed by atoms with Crippen molar-refractivity contribution >= 4 is 41.5 Å². The Balaban J connectivity index is 0.00000225. The van der Waals surface area contributed by atoms with Crippen molar-refractivity contribution in [2.75, 3.05) is 31.1 Å². The van der Waals surface area contributed by atoms with Crippen molar-refractivity contribution in [2.45, 2.75) is 42.8 Å². The Hall–Kier alpha value is -0.940. The van der Waals surface area contributed by atoms with E-state index in [1.807, 2.05) is 12.1 Å². The summed E-state index contributed by atoms with van der Waals surface area (Å²) >= 11 is 8.25. The van der Waals surface area contributed by atoms with E-state index in [2.05, 4.69) is 22.3 Å². The van der Waals surface area contributed by atoms with Crippen LogP contribution in [0.4, 0.5) is 10.1 Å². The molecule has 0 spiro atoms. The van der Waals surface area contributed by atoms with Gasteiger partial charge in [0.05, 0.1) is 10.7 Å². The molecule has 0 radical (unpaired) electrons. The van der Waals surface area contributed by atoms with Crippen molar-refractivity contribution in [2.24, 2.45) is 0 Å². The SMILES string of the molecule is Cl.Fc1cc(CSc2c(Cl)ccc3c2CCNCC3)ccc1N1CCCCC1. The Kier molecular flexibility index (Phi) is 7.93. The number of hydrogen-bond donors (Lipinski definition) is 1. The number of hydrogen-bond acceptors (Lipinski definition) is 3. The average Bonchev–Trinajstić information content (AvgIpc) is 2.93. The Morgan fingerprint density at radius 3 is 2.61 bits per heavy atom. The number of fused-ring (bicyclic) bond motifs is 1. The molecule has 0 atom stereocenters. The van der Waals surface area contributed by atoms with Gasteiger partial charge in [-0.15, -0.1) is 24.2 Å². The zero-order chi connectivity index (χ0) is 18.6. The molecule has 0 bridgehead atoms. The normalized spacial score (nSPS) is 16.9. The molecule has 1 fully saturated rings. The third-order valence-corrected chi connectivity index (χ3v) is 7.18. The van der Waals surface area contributed by atoms with Gasteiger partial charge in [-0.25, -0.2) is 4.39 Å². The van der Waals surface area contributed by atoms with Crippen LogP contribution in [0.3, 0.4) is 0 Å². The van der Waals surface area contributed by atoms with Crippen LogP contribution in [0, 0.1) is 5.82 Å². The molecule has 1 N–H and O–H groups in total. The van der Waals surface area contributed by atoms with E-state index in [0.717, 1.165) is 73.9 Å². The zero-order valence-electron chi connectivity index (χ0n) is 16.0. The summed E-state index contributed by atoms with van der Waals surface area (Å²) < 4.78 is 14.7. The molecule has 2 nitrogen and oxygen atoms in total. The van der Waals surface area contributed by atoms with Gasteiger partial charge in [0.15, 0.2) is 0 Å². The number of thioether (sulfide) groups is 1. The van der Waals surface area contributed by atoms with Crippen LogP contribution in [0.5, 0.6) is 0 Å². The summed E-state index contributed by atoms with van der Waals surface area (Å²) in [4.78, 5) is 3.34. The van der Waals surface area contributed by atoms with Gasteiger partial charge in [0.1, 0.15) is 5.82 Å². The highest BCUT2D eigenvalue weighted by molar-refractivity contribution is 7.98. The largest absolute Gasteiger partial charge is 0.369 e. The summed E-state index contributed by atoms with van der Waals surface area (Å²) in [6.45, 7) is 3.93. The van der Waals surface area contributed by atoms with E-state index in [1.54, 1.807) is 17.8 Å². The van der Waals surface area contributed by atoms with Crippen LogP contribution in [0.2, 0.25) is 5.02 Å². The maximum Gasteiger partial charge on any atom is 0.146 e. The summed E-state index contributed by atoms with van der Waals surface area (Å²) in [5.41, 5.74) is 4.52. The van der Waals surface area contributed by atoms with Crippen LogP contribution < -0.4 is 10.2 Å². The minimum Gasteiger partial charge on any atom is -0.369 e. The number of anilines is 1. The topological polar surface area (TPSA) is 15.3 Å². The lowest BCUT2D eigenvalue weighted by Gasteiger charge is -2.29. The van der Waals surface area contributed by atoms with Gasteiger partial charge in [0.2, 0.25) is 0 Å². The highest BCUT2D eigenvalue weighted by atomic mass is 35.5. The molecule has 152 valence electrons. The Morgan fingerprint density at radius 2 is 1.82 bits per heavy atom. The van der Waals surface area contributed by atoms with E-state index >= 15 is 0 Å². The van der Waals surface area contributed by atoms with Crippen LogP contribution in [-0.2, 0) is 18.6 Å². The predicted octanol–water partition coefficient (Wildman–Crippen LogP) is 5.87. The monoisotopic (exact) mass is 440 g/mol. The number of piperidine rings is 1. The lowest BCUT2D eigenvalue weighted by molar-refractivity contribution is 0.556. The van der Waals surface area contributed by atoms with Crippen molar-refractivity contribution in [1.29, 1.82) is 0 Å². The lowest BCUT2D eigenvalue weighted by Crippen LogP contribution is -2.30. The van der Waals surface area contributed by atoms with Crippen LogP contribution in [0.15, 0.2) is 35.2 Å². The number of nitrogens with zero attached hydrogens (tertiary/aromatic N) is 1. The van der Waals surface area contributed by atoms with Crippen LogP contribution >= 0.6 is 35.8 Å². The van der Waals surface area contributed by atoms with Gasteiger partial charge in [-0.05, 0) is 80.1 Å². The maximum absolute atomic E-state index is 14.7. The third kappa shape index (κ3) is 4.96. The zero-order valence-corrected chi connectivity index (χ0v) is 18.4. The Labute approximate surface area is 182 Å². The van der Waals surface area contributed by atoms with E-state index in [-0.39, 0.29) is 18.2 Å². The van der Waals surface area contributed by atoms with E-state index in [4.69, 9.17) is 11.6 Å². The molecule has 0 saturated carbocycles. The summed E-state index contributed by atoms with van der Waals surface area (Å²) in [6, 6.07) is 9.88. The molecule has 0 aromatic heterocycles. The number of rotatable bonds is 4. The molecular formula is C22H27Cl2FN2S. The predicted molar refractivity (Wildman–Crippen MR) is 121 cm³/mol. The first-order chi connectivity index (χ1) is 13.2. The van der Waals surface area contributed by atoms with Crippen molar-refractivity contribution in [3.05, 3.63) is 57.9 Å². The Bertz CT molecular complexity index is 809. The van der Waals surface area contributed by atoms with Gasteiger partial charge >= 0.3 is 0 Å². The number of benzene rings is 2. The first-order valence-corrected chi connectivity index (χ1v) is 11.3. The molecule has 2 aliphatic heterocycles. The highest BCUT2D eigenvalue weighted by Crippen LogP contribution is 2.36. The second kappa shape index (κ2) is 10.2. The minimum atomic E-state index is -0.0998. The van der Waals surface area contributed by atoms with Gasteiger partial charge in [0.25, 0.3) is 0 Å². The minimum absolute atomic E-state index is 0. The second-order valence-electron chi connectivity index (χ2n) is 7.39. The third-order valence-electron chi connectivity index (χ3n) is 5.52. The molecule has 0 aliphatic carbocycles. The van der Waals surface area contributed by atoms with Crippen LogP contribution in [0.1, 0.15) is 36.0 Å². The number of halogens is 3. The van der Waals surface area contributed by atoms with Gasteiger partial charge in [-0.1, -0.05) is 23.7 Å². The summed E-state index contributed by atoms with van der Waals surface area (Å²) in [6.07, 6.45) is 5.61. The highest BCUT2D eigenvalue weighted by Gasteiger charge is 2.17. The van der Waals surface area contributed by atoms with Crippen molar-refractivity contribution < 1.29 is 4.39 Å². The molecule has 1 saturated heterocycles. The first kappa shape index (κ1) is 21.8. The Morgan fingerprint density at radius 1 is 1.04 bits per heavy atom. The molecule has 4 rings (SSSR count). The van der Waals surface area contributed by atoms with E-state index in [9.17, 15) is 4.39 Å². The molecule has 28 heavy (non-hydrogen) atoms. The standard InChI is InChI=1S/C22H26ClFN2S.ClH/c23-19-6-5-17-8-10-25-11-9-18(17)22(19)27-15-16-4-7-21(20(24)14-16)26-12-2-1-3-13-26;/h4-7,14,25H,1-3,8-13,15H2;1H. The second-order valence-corrected chi connectivity index (χ2v) is 8.78. The van der Waals surface area contributed by atoms with Gasteiger partial charge in [-0.3, -0.25) is 0 Å². The van der Waals surface area contributed by atoms with Crippen molar-refractivity contribution in [3.63, 3.8) is 0 Å². The fourth-order valence-corrected chi connectivity index (χ4v) is 5.50. The first-order valence-electron chi connectivity index (χ1n) is 9.89. The summed E-state index contributed by atoms with van der Waals surface area (Å²) in [7, 11) is 0. The van der Waals surface area contributed by atoms with Gasteiger partial charge < -0.3 is 10.2 Å². The molecule has 2 aliphatic rings. The molecule has 2 aromatic carbocycles. The summed E-state index contributed by atoms with van der Waals surface area (Å²) in [5.74, 6) is 0.637. The van der Waals surface area contributed by atoms with Gasteiger partial charge in [-0.2, -0.15) is 0 Å².